The molecule has 22 heavy (non-hydrogen) atoms. The van der Waals surface area contributed by atoms with Crippen LogP contribution < -0.4 is 4.74 Å². The van der Waals surface area contributed by atoms with Crippen LogP contribution in [0.5, 0.6) is 5.75 Å². The van der Waals surface area contributed by atoms with Crippen molar-refractivity contribution in [1.82, 2.24) is 4.98 Å². The fraction of sp³-hybridized carbons (Fsp3) is 0.500. The fourth-order valence-corrected chi connectivity index (χ4v) is 4.45. The number of aryl methyl sites for hydroxylation is 2. The van der Waals surface area contributed by atoms with Crippen LogP contribution in [-0.2, 0) is 30.6 Å². The number of aromatic nitrogens is 1. The van der Waals surface area contributed by atoms with E-state index in [1.54, 1.807) is 6.92 Å². The van der Waals surface area contributed by atoms with Gasteiger partial charge in [-0.2, -0.15) is 0 Å². The molecular formula is C14H17NO6S. The van der Waals surface area contributed by atoms with Crippen LogP contribution in [-0.4, -0.2) is 31.1 Å². The molecule has 0 aromatic carbocycles. The fourth-order valence-electron chi connectivity index (χ4n) is 2.60. The van der Waals surface area contributed by atoms with Crippen LogP contribution >= 0.6 is 0 Å². The van der Waals surface area contributed by atoms with E-state index in [9.17, 15) is 18.0 Å². The van der Waals surface area contributed by atoms with E-state index in [-0.39, 0.29) is 22.0 Å². The number of ether oxygens (including phenoxy) is 2. The molecule has 0 spiro atoms. The number of fused-ring (bicyclic) bond motifs is 1. The van der Waals surface area contributed by atoms with Gasteiger partial charge in [0.15, 0.2) is 15.6 Å². The zero-order valence-electron chi connectivity index (χ0n) is 12.8. The highest BCUT2D eigenvalue weighted by atomic mass is 32.2. The summed E-state index contributed by atoms with van der Waals surface area (Å²) >= 11 is 0. The summed E-state index contributed by atoms with van der Waals surface area (Å²) in [4.78, 5) is 26.8. The molecule has 0 saturated heterocycles. The molecule has 0 N–H and O–H groups in total. The van der Waals surface area contributed by atoms with Crippen molar-refractivity contribution < 1.29 is 27.5 Å². The van der Waals surface area contributed by atoms with Crippen LogP contribution in [0.1, 0.15) is 43.8 Å². The zero-order valence-corrected chi connectivity index (χ0v) is 13.6. The Bertz CT molecular complexity index is 753. The molecule has 0 bridgehead atoms. The quantitative estimate of drug-likeness (QED) is 0.771. The molecule has 2 rings (SSSR count). The standard InChI is InChI=1S/C14H17NO6S/c1-5-10-13(21-9(4)17)12-11(20-8(3)16)6-22(18,19)14(12)7(2)15-10/h11H,5-6H2,1-4H3. The van der Waals surface area contributed by atoms with Gasteiger partial charge in [-0.1, -0.05) is 6.92 Å². The van der Waals surface area contributed by atoms with Gasteiger partial charge >= 0.3 is 11.9 Å². The topological polar surface area (TPSA) is 99.6 Å². The molecule has 0 fully saturated rings. The maximum atomic E-state index is 12.3. The van der Waals surface area contributed by atoms with Crippen LogP contribution in [0.3, 0.4) is 0 Å². The Morgan fingerprint density at radius 3 is 2.41 bits per heavy atom. The van der Waals surface area contributed by atoms with Crippen molar-refractivity contribution in [1.29, 1.82) is 0 Å². The first-order valence-electron chi connectivity index (χ1n) is 6.79. The number of pyridine rings is 1. The molecule has 1 aliphatic rings. The summed E-state index contributed by atoms with van der Waals surface area (Å²) in [7, 11) is -3.65. The van der Waals surface area contributed by atoms with Crippen molar-refractivity contribution in [2.45, 2.75) is 45.1 Å². The monoisotopic (exact) mass is 327 g/mol. The summed E-state index contributed by atoms with van der Waals surface area (Å²) in [5.41, 5.74) is 0.993. The van der Waals surface area contributed by atoms with Crippen molar-refractivity contribution in [3.63, 3.8) is 0 Å². The number of hydrogen-bond acceptors (Lipinski definition) is 7. The maximum absolute atomic E-state index is 12.3. The molecule has 1 unspecified atom stereocenters. The second-order valence-corrected chi connectivity index (χ2v) is 7.01. The summed E-state index contributed by atoms with van der Waals surface area (Å²) < 4.78 is 35.0. The van der Waals surface area contributed by atoms with E-state index in [1.807, 2.05) is 6.92 Å². The average Bonchev–Trinajstić information content (AvgIpc) is 2.63. The van der Waals surface area contributed by atoms with Crippen molar-refractivity contribution in [2.75, 3.05) is 5.75 Å². The van der Waals surface area contributed by atoms with Crippen LogP contribution in [0, 0.1) is 6.92 Å². The van der Waals surface area contributed by atoms with Crippen molar-refractivity contribution in [3.8, 4) is 5.75 Å². The molecule has 1 aromatic rings. The number of carbonyl (C=O) groups excluding carboxylic acids is 2. The number of nitrogens with zero attached hydrogens (tertiary/aromatic N) is 1. The van der Waals surface area contributed by atoms with Crippen LogP contribution in [0.15, 0.2) is 4.90 Å². The number of esters is 2. The molecule has 1 aliphatic heterocycles. The number of carbonyl (C=O) groups is 2. The SMILES string of the molecule is CCc1nc(C)c2c(c1OC(C)=O)C(OC(C)=O)CS2(=O)=O. The highest BCUT2D eigenvalue weighted by Gasteiger charge is 2.42. The van der Waals surface area contributed by atoms with Gasteiger partial charge in [-0.05, 0) is 13.3 Å². The second-order valence-electron chi connectivity index (χ2n) is 5.04. The van der Waals surface area contributed by atoms with Gasteiger partial charge in [0.1, 0.15) is 6.10 Å². The Labute approximate surface area is 128 Å². The lowest BCUT2D eigenvalue weighted by Gasteiger charge is -2.17. The lowest BCUT2D eigenvalue weighted by molar-refractivity contribution is -0.145. The number of rotatable bonds is 3. The third-order valence-electron chi connectivity index (χ3n) is 3.28. The third kappa shape index (κ3) is 2.83. The number of hydrogen-bond donors (Lipinski definition) is 0. The van der Waals surface area contributed by atoms with Crippen molar-refractivity contribution in [3.05, 3.63) is 17.0 Å². The lowest BCUT2D eigenvalue weighted by atomic mass is 10.1. The van der Waals surface area contributed by atoms with Gasteiger partial charge in [0.2, 0.25) is 0 Å². The largest absolute Gasteiger partial charge is 0.456 e. The van der Waals surface area contributed by atoms with Crippen molar-refractivity contribution in [2.24, 2.45) is 0 Å². The van der Waals surface area contributed by atoms with Gasteiger partial charge < -0.3 is 9.47 Å². The van der Waals surface area contributed by atoms with E-state index in [0.29, 0.717) is 17.8 Å². The van der Waals surface area contributed by atoms with E-state index >= 15 is 0 Å². The van der Waals surface area contributed by atoms with Gasteiger partial charge in [-0.3, -0.25) is 14.6 Å². The lowest BCUT2D eigenvalue weighted by Crippen LogP contribution is -2.14. The summed E-state index contributed by atoms with van der Waals surface area (Å²) in [6, 6.07) is 0. The molecule has 2 heterocycles. The smallest absolute Gasteiger partial charge is 0.308 e. The minimum absolute atomic E-state index is 0.00722. The van der Waals surface area contributed by atoms with E-state index in [2.05, 4.69) is 4.98 Å². The van der Waals surface area contributed by atoms with Crippen LogP contribution in [0.4, 0.5) is 0 Å². The molecule has 0 saturated carbocycles. The Hall–Kier alpha value is -1.96. The minimum Gasteiger partial charge on any atom is -0.456 e. The van der Waals surface area contributed by atoms with Crippen molar-refractivity contribution >= 4 is 21.8 Å². The van der Waals surface area contributed by atoms with E-state index in [0.717, 1.165) is 0 Å². The highest BCUT2D eigenvalue weighted by molar-refractivity contribution is 7.91. The van der Waals surface area contributed by atoms with E-state index < -0.39 is 27.9 Å². The van der Waals surface area contributed by atoms with E-state index in [4.69, 9.17) is 9.47 Å². The summed E-state index contributed by atoms with van der Waals surface area (Å²) in [6.45, 7) is 5.80. The van der Waals surface area contributed by atoms with Gasteiger partial charge in [-0.15, -0.1) is 0 Å². The Morgan fingerprint density at radius 2 is 1.91 bits per heavy atom. The van der Waals surface area contributed by atoms with Gasteiger partial charge in [0, 0.05) is 13.8 Å². The molecule has 0 radical (unpaired) electrons. The van der Waals surface area contributed by atoms with Crippen LogP contribution in [0.2, 0.25) is 0 Å². The van der Waals surface area contributed by atoms with Gasteiger partial charge in [0.25, 0.3) is 0 Å². The second kappa shape index (κ2) is 5.68. The highest BCUT2D eigenvalue weighted by Crippen LogP contribution is 2.44. The first-order valence-corrected chi connectivity index (χ1v) is 8.44. The first-order chi connectivity index (χ1) is 10.2. The molecule has 120 valence electrons. The molecular weight excluding hydrogens is 310 g/mol. The zero-order chi connectivity index (χ0) is 16.7. The molecule has 1 aromatic heterocycles. The van der Waals surface area contributed by atoms with E-state index in [1.165, 1.54) is 13.8 Å². The predicted octanol–water partition coefficient (Wildman–Crippen LogP) is 1.27. The average molecular weight is 327 g/mol. The normalized spacial score (nSPS) is 18.6. The van der Waals surface area contributed by atoms with Gasteiger partial charge in [-0.25, -0.2) is 8.42 Å². The maximum Gasteiger partial charge on any atom is 0.308 e. The number of sulfone groups is 1. The summed E-state index contributed by atoms with van der Waals surface area (Å²) in [6.07, 6.45) is -0.539. The first kappa shape index (κ1) is 16.4. The summed E-state index contributed by atoms with van der Waals surface area (Å²) in [5.74, 6) is -1.48. The Kier molecular flexibility index (Phi) is 4.23. The molecule has 8 heteroatoms. The molecule has 1 atom stereocenters. The molecule has 7 nitrogen and oxygen atoms in total. The Balaban J connectivity index is 2.77. The molecule has 0 amide bonds. The van der Waals surface area contributed by atoms with Gasteiger partial charge in [0.05, 0.1) is 27.6 Å². The Morgan fingerprint density at radius 1 is 1.27 bits per heavy atom. The summed E-state index contributed by atoms with van der Waals surface area (Å²) in [5, 5.41) is 0. The minimum atomic E-state index is -3.65. The predicted molar refractivity (Wildman–Crippen MR) is 76.2 cm³/mol. The van der Waals surface area contributed by atoms with Crippen LogP contribution in [0.25, 0.3) is 0 Å². The molecule has 0 aliphatic carbocycles. The third-order valence-corrected chi connectivity index (χ3v) is 5.15.